The van der Waals surface area contributed by atoms with Crippen molar-refractivity contribution in [3.63, 3.8) is 0 Å². The van der Waals surface area contributed by atoms with E-state index in [9.17, 15) is 9.59 Å². The molecule has 1 amide bonds. The minimum absolute atomic E-state index is 0.0281. The highest BCUT2D eigenvalue weighted by atomic mass is 16.4. The van der Waals surface area contributed by atoms with Crippen LogP contribution in [0.1, 0.15) is 51.9 Å². The van der Waals surface area contributed by atoms with Crippen LogP contribution in [0.3, 0.4) is 0 Å². The molecule has 0 aliphatic heterocycles. The summed E-state index contributed by atoms with van der Waals surface area (Å²) in [5, 5.41) is 18.0. The van der Waals surface area contributed by atoms with Gasteiger partial charge in [-0.1, -0.05) is 19.3 Å². The maximum atomic E-state index is 12.2. The number of rotatable bonds is 7. The number of carbonyl (C=O) groups excluding carboxylic acids is 1. The molecule has 0 aromatic rings. The Balaban J connectivity index is 2.70. The second-order valence-corrected chi connectivity index (χ2v) is 5.50. The third-order valence-corrected chi connectivity index (χ3v) is 4.07. The van der Waals surface area contributed by atoms with Crippen molar-refractivity contribution < 1.29 is 19.8 Å². The first-order valence-corrected chi connectivity index (χ1v) is 7.13. The number of amides is 1. The normalized spacial score (nSPS) is 18.0. The zero-order valence-corrected chi connectivity index (χ0v) is 11.7. The average Bonchev–Trinajstić information content (AvgIpc) is 2.35. The van der Waals surface area contributed by atoms with Crippen LogP contribution in [0.15, 0.2) is 0 Å². The van der Waals surface area contributed by atoms with E-state index in [1.165, 1.54) is 0 Å². The Labute approximate surface area is 114 Å². The number of hydrogen-bond acceptors (Lipinski definition) is 3. The molecule has 110 valence electrons. The standard InChI is InChI=1S/C14H25NO4/c1-2-15(8-9-16)12(17)10-14(11-13(18)19)6-4-3-5-7-14/h16H,2-11H2,1H3,(H,18,19). The minimum Gasteiger partial charge on any atom is -0.481 e. The van der Waals surface area contributed by atoms with Crippen molar-refractivity contribution in [1.82, 2.24) is 4.90 Å². The number of likely N-dealkylation sites (N-methyl/N-ethyl adjacent to an activating group) is 1. The molecule has 0 unspecified atom stereocenters. The van der Waals surface area contributed by atoms with Crippen LogP contribution in [0.25, 0.3) is 0 Å². The fourth-order valence-electron chi connectivity index (χ4n) is 3.05. The van der Waals surface area contributed by atoms with Crippen LogP contribution < -0.4 is 0 Å². The molecule has 0 aromatic heterocycles. The van der Waals surface area contributed by atoms with Gasteiger partial charge in [-0.2, -0.15) is 0 Å². The van der Waals surface area contributed by atoms with Crippen LogP contribution in [0.2, 0.25) is 0 Å². The van der Waals surface area contributed by atoms with Crippen LogP contribution in [-0.4, -0.2) is 46.7 Å². The lowest BCUT2D eigenvalue weighted by atomic mass is 9.69. The quantitative estimate of drug-likeness (QED) is 0.738. The molecule has 5 nitrogen and oxygen atoms in total. The van der Waals surface area contributed by atoms with E-state index in [2.05, 4.69) is 0 Å². The Morgan fingerprint density at radius 2 is 1.79 bits per heavy atom. The van der Waals surface area contributed by atoms with Crippen molar-refractivity contribution in [2.45, 2.75) is 51.9 Å². The molecule has 0 aromatic carbocycles. The van der Waals surface area contributed by atoms with Crippen molar-refractivity contribution in [1.29, 1.82) is 0 Å². The second-order valence-electron chi connectivity index (χ2n) is 5.50. The lowest BCUT2D eigenvalue weighted by Gasteiger charge is -2.37. The van der Waals surface area contributed by atoms with E-state index in [1.54, 1.807) is 4.90 Å². The molecule has 0 spiro atoms. The van der Waals surface area contributed by atoms with E-state index >= 15 is 0 Å². The fourth-order valence-corrected chi connectivity index (χ4v) is 3.05. The Kier molecular flexibility index (Phi) is 6.28. The van der Waals surface area contributed by atoms with Gasteiger partial charge in [-0.05, 0) is 25.2 Å². The third-order valence-electron chi connectivity index (χ3n) is 4.07. The number of nitrogens with zero attached hydrogens (tertiary/aromatic N) is 1. The lowest BCUT2D eigenvalue weighted by Crippen LogP contribution is -2.39. The predicted molar refractivity (Wildman–Crippen MR) is 71.7 cm³/mol. The summed E-state index contributed by atoms with van der Waals surface area (Å²) in [5.74, 6) is -0.848. The predicted octanol–water partition coefficient (Wildman–Crippen LogP) is 1.64. The Bertz CT molecular complexity index is 311. The van der Waals surface area contributed by atoms with Gasteiger partial charge >= 0.3 is 5.97 Å². The van der Waals surface area contributed by atoms with Crippen LogP contribution in [0.4, 0.5) is 0 Å². The number of carboxylic acids is 1. The first kappa shape index (κ1) is 16.0. The molecular weight excluding hydrogens is 246 g/mol. The molecule has 0 saturated heterocycles. The molecule has 1 saturated carbocycles. The molecule has 0 atom stereocenters. The Hall–Kier alpha value is -1.10. The summed E-state index contributed by atoms with van der Waals surface area (Å²) in [4.78, 5) is 24.9. The maximum Gasteiger partial charge on any atom is 0.303 e. The highest BCUT2D eigenvalue weighted by molar-refractivity contribution is 5.78. The van der Waals surface area contributed by atoms with E-state index in [4.69, 9.17) is 10.2 Å². The van der Waals surface area contributed by atoms with E-state index in [1.807, 2.05) is 6.92 Å². The minimum atomic E-state index is -0.820. The second kappa shape index (κ2) is 7.48. The number of aliphatic hydroxyl groups is 1. The highest BCUT2D eigenvalue weighted by Gasteiger charge is 2.37. The zero-order valence-electron chi connectivity index (χ0n) is 11.7. The van der Waals surface area contributed by atoms with Gasteiger partial charge in [-0.15, -0.1) is 0 Å². The summed E-state index contributed by atoms with van der Waals surface area (Å²) >= 11 is 0. The van der Waals surface area contributed by atoms with Crippen molar-refractivity contribution >= 4 is 11.9 Å². The SMILES string of the molecule is CCN(CCO)C(=O)CC1(CC(=O)O)CCCCC1. The van der Waals surface area contributed by atoms with Gasteiger partial charge < -0.3 is 15.1 Å². The smallest absolute Gasteiger partial charge is 0.303 e. The third kappa shape index (κ3) is 4.82. The average molecular weight is 271 g/mol. The van der Waals surface area contributed by atoms with Crippen molar-refractivity contribution in [3.05, 3.63) is 0 Å². The molecule has 1 aliphatic carbocycles. The first-order valence-electron chi connectivity index (χ1n) is 7.13. The fraction of sp³-hybridized carbons (Fsp3) is 0.857. The topological polar surface area (TPSA) is 77.8 Å². The largest absolute Gasteiger partial charge is 0.481 e. The molecule has 0 heterocycles. The van der Waals surface area contributed by atoms with Gasteiger partial charge in [0.2, 0.25) is 5.91 Å². The number of hydrogen-bond donors (Lipinski definition) is 2. The van der Waals surface area contributed by atoms with E-state index in [0.29, 0.717) is 19.5 Å². The number of carbonyl (C=O) groups is 2. The van der Waals surface area contributed by atoms with Crippen LogP contribution in [-0.2, 0) is 9.59 Å². The van der Waals surface area contributed by atoms with Gasteiger partial charge in [0.1, 0.15) is 0 Å². The molecule has 19 heavy (non-hydrogen) atoms. The van der Waals surface area contributed by atoms with Gasteiger partial charge in [0.25, 0.3) is 0 Å². The molecule has 1 aliphatic rings. The molecule has 0 bridgehead atoms. The van der Waals surface area contributed by atoms with Crippen molar-refractivity contribution in [2.75, 3.05) is 19.7 Å². The van der Waals surface area contributed by atoms with Gasteiger partial charge in [0.05, 0.1) is 13.0 Å². The van der Waals surface area contributed by atoms with E-state index < -0.39 is 5.97 Å². The van der Waals surface area contributed by atoms with Crippen molar-refractivity contribution in [2.24, 2.45) is 5.41 Å². The van der Waals surface area contributed by atoms with Crippen molar-refractivity contribution in [3.8, 4) is 0 Å². The Morgan fingerprint density at radius 3 is 2.26 bits per heavy atom. The van der Waals surface area contributed by atoms with Gasteiger partial charge in [-0.25, -0.2) is 0 Å². The molecule has 1 fully saturated rings. The van der Waals surface area contributed by atoms with Crippen LogP contribution in [0, 0.1) is 5.41 Å². The summed E-state index contributed by atoms with van der Waals surface area (Å²) in [6, 6.07) is 0. The Morgan fingerprint density at radius 1 is 1.16 bits per heavy atom. The summed E-state index contributed by atoms with van der Waals surface area (Å²) in [5.41, 5.74) is -0.371. The highest BCUT2D eigenvalue weighted by Crippen LogP contribution is 2.42. The molecule has 0 radical (unpaired) electrons. The maximum absolute atomic E-state index is 12.2. The van der Waals surface area contributed by atoms with Crippen LogP contribution in [0.5, 0.6) is 0 Å². The molecule has 1 rings (SSSR count). The van der Waals surface area contributed by atoms with E-state index in [-0.39, 0.29) is 24.3 Å². The summed E-state index contributed by atoms with van der Waals surface area (Å²) in [6.07, 6.45) is 5.16. The van der Waals surface area contributed by atoms with Crippen LogP contribution >= 0.6 is 0 Å². The first-order chi connectivity index (χ1) is 9.03. The summed E-state index contributed by atoms with van der Waals surface area (Å²) < 4.78 is 0. The molecular formula is C14H25NO4. The van der Waals surface area contributed by atoms with Gasteiger partial charge in [0.15, 0.2) is 0 Å². The summed E-state index contributed by atoms with van der Waals surface area (Å²) in [6.45, 7) is 2.71. The molecule has 5 heteroatoms. The van der Waals surface area contributed by atoms with Gasteiger partial charge in [0, 0.05) is 19.5 Å². The van der Waals surface area contributed by atoms with E-state index in [0.717, 1.165) is 32.1 Å². The number of aliphatic hydroxyl groups excluding tert-OH is 1. The number of aliphatic carboxylic acids is 1. The zero-order chi connectivity index (χ0) is 14.3. The monoisotopic (exact) mass is 271 g/mol. The van der Waals surface area contributed by atoms with Gasteiger partial charge in [-0.3, -0.25) is 9.59 Å². The molecule has 2 N–H and O–H groups in total. The summed E-state index contributed by atoms with van der Waals surface area (Å²) in [7, 11) is 0. The number of carboxylic acid groups (broad SMARTS) is 1. The lowest BCUT2D eigenvalue weighted by molar-refractivity contribution is -0.142.